The Kier molecular flexibility index (Phi) is 1.78. The molecule has 1 heteroatoms. The van der Waals surface area contributed by atoms with Crippen molar-refractivity contribution in [2.75, 3.05) is 0 Å². The summed E-state index contributed by atoms with van der Waals surface area (Å²) in [6, 6.07) is 0. The van der Waals surface area contributed by atoms with Crippen molar-refractivity contribution in [3.05, 3.63) is 0 Å². The molecular formula is C9H17F. The van der Waals surface area contributed by atoms with Gasteiger partial charge in [-0.3, -0.25) is 0 Å². The van der Waals surface area contributed by atoms with Gasteiger partial charge in [-0.15, -0.1) is 0 Å². The van der Waals surface area contributed by atoms with Crippen LogP contribution in [-0.4, -0.2) is 6.17 Å². The Morgan fingerprint density at radius 1 is 1.20 bits per heavy atom. The van der Waals surface area contributed by atoms with Crippen LogP contribution in [0.1, 0.15) is 34.1 Å². The predicted octanol–water partition coefficient (Wildman–Crippen LogP) is 3.03. The third-order valence-corrected chi connectivity index (χ3v) is 3.11. The Bertz CT molecular complexity index is 119. The minimum absolute atomic E-state index is 0.0417. The normalized spacial score (nSPS) is 29.7. The maximum atomic E-state index is 12.9. The van der Waals surface area contributed by atoms with Crippen LogP contribution in [0.25, 0.3) is 0 Å². The number of rotatable bonds is 2. The van der Waals surface area contributed by atoms with E-state index in [1.807, 2.05) is 0 Å². The summed E-state index contributed by atoms with van der Waals surface area (Å²) in [6.07, 6.45) is 0.273. The molecule has 1 atom stereocenters. The Morgan fingerprint density at radius 2 is 1.50 bits per heavy atom. The van der Waals surface area contributed by atoms with Gasteiger partial charge in [0.1, 0.15) is 6.17 Å². The molecule has 0 radical (unpaired) electrons. The van der Waals surface area contributed by atoms with Gasteiger partial charge in [-0.2, -0.15) is 0 Å². The number of hydrogen-bond acceptors (Lipinski definition) is 0. The molecule has 0 N–H and O–H groups in total. The molecule has 0 nitrogen and oxygen atoms in total. The Morgan fingerprint density at radius 3 is 1.50 bits per heavy atom. The molecule has 0 aromatic carbocycles. The van der Waals surface area contributed by atoms with E-state index in [9.17, 15) is 4.39 Å². The van der Waals surface area contributed by atoms with E-state index in [0.29, 0.717) is 11.8 Å². The van der Waals surface area contributed by atoms with E-state index in [1.165, 1.54) is 0 Å². The molecule has 1 fully saturated rings. The van der Waals surface area contributed by atoms with Crippen LogP contribution < -0.4 is 0 Å². The zero-order valence-electron chi connectivity index (χ0n) is 7.32. The largest absolute Gasteiger partial charge is 0.247 e. The first-order valence-electron chi connectivity index (χ1n) is 4.16. The number of hydrogen-bond donors (Lipinski definition) is 0. The lowest BCUT2D eigenvalue weighted by atomic mass is 9.82. The van der Waals surface area contributed by atoms with Crippen LogP contribution >= 0.6 is 0 Å². The first kappa shape index (κ1) is 8.03. The molecular weight excluding hydrogens is 127 g/mol. The molecule has 10 heavy (non-hydrogen) atoms. The summed E-state index contributed by atoms with van der Waals surface area (Å²) in [4.78, 5) is 0. The van der Waals surface area contributed by atoms with Crippen molar-refractivity contribution >= 4 is 0 Å². The van der Waals surface area contributed by atoms with E-state index in [4.69, 9.17) is 0 Å². The molecule has 1 saturated carbocycles. The molecule has 0 aromatic heterocycles. The lowest BCUT2D eigenvalue weighted by Crippen LogP contribution is -2.19. The first-order valence-corrected chi connectivity index (χ1v) is 4.16. The fourth-order valence-electron chi connectivity index (χ4n) is 2.11. The van der Waals surface area contributed by atoms with Crippen molar-refractivity contribution in [3.8, 4) is 0 Å². The summed E-state index contributed by atoms with van der Waals surface area (Å²) >= 11 is 0. The molecule has 1 aliphatic rings. The van der Waals surface area contributed by atoms with Gasteiger partial charge in [-0.05, 0) is 18.3 Å². The molecule has 0 aliphatic heterocycles. The van der Waals surface area contributed by atoms with Gasteiger partial charge in [0.05, 0.1) is 0 Å². The predicted molar refractivity (Wildman–Crippen MR) is 41.6 cm³/mol. The fourth-order valence-corrected chi connectivity index (χ4v) is 2.11. The molecule has 0 amide bonds. The van der Waals surface area contributed by atoms with Crippen LogP contribution in [0.3, 0.4) is 0 Å². The SMILES string of the molecule is CC(C)C1(C(C)C)CC1F. The summed E-state index contributed by atoms with van der Waals surface area (Å²) in [5.41, 5.74) is 0.0417. The highest BCUT2D eigenvalue weighted by atomic mass is 19.1. The summed E-state index contributed by atoms with van der Waals surface area (Å²) in [7, 11) is 0. The fraction of sp³-hybridized carbons (Fsp3) is 1.00. The second-order valence-corrected chi connectivity index (χ2v) is 4.09. The summed E-state index contributed by atoms with van der Waals surface area (Å²) < 4.78 is 12.9. The minimum Gasteiger partial charge on any atom is -0.247 e. The van der Waals surface area contributed by atoms with Crippen molar-refractivity contribution in [1.29, 1.82) is 0 Å². The standard InChI is InChI=1S/C9H17F/c1-6(2)9(7(3)4)5-8(9)10/h6-8H,5H2,1-4H3. The third kappa shape index (κ3) is 0.869. The van der Waals surface area contributed by atoms with Crippen molar-refractivity contribution < 1.29 is 4.39 Å². The average molecular weight is 144 g/mol. The maximum Gasteiger partial charge on any atom is 0.107 e. The van der Waals surface area contributed by atoms with Crippen LogP contribution in [0, 0.1) is 17.3 Å². The molecule has 0 aromatic rings. The van der Waals surface area contributed by atoms with Gasteiger partial charge in [0.15, 0.2) is 0 Å². The van der Waals surface area contributed by atoms with E-state index in [0.717, 1.165) is 6.42 Å². The van der Waals surface area contributed by atoms with Crippen LogP contribution in [0.5, 0.6) is 0 Å². The van der Waals surface area contributed by atoms with Gasteiger partial charge in [-0.1, -0.05) is 27.7 Å². The first-order chi connectivity index (χ1) is 4.51. The highest BCUT2D eigenvalue weighted by Crippen LogP contribution is 2.59. The molecule has 1 aliphatic carbocycles. The second kappa shape index (κ2) is 2.21. The van der Waals surface area contributed by atoms with Gasteiger partial charge in [-0.25, -0.2) is 4.39 Å². The number of halogens is 1. The van der Waals surface area contributed by atoms with Gasteiger partial charge >= 0.3 is 0 Å². The molecule has 1 rings (SSSR count). The van der Waals surface area contributed by atoms with Crippen LogP contribution in [-0.2, 0) is 0 Å². The topological polar surface area (TPSA) is 0 Å². The monoisotopic (exact) mass is 144 g/mol. The zero-order chi connectivity index (χ0) is 7.94. The van der Waals surface area contributed by atoms with Gasteiger partial charge in [0.2, 0.25) is 0 Å². The lowest BCUT2D eigenvalue weighted by molar-refractivity contribution is 0.205. The van der Waals surface area contributed by atoms with Crippen molar-refractivity contribution in [2.24, 2.45) is 17.3 Å². The van der Waals surface area contributed by atoms with E-state index < -0.39 is 6.17 Å². The van der Waals surface area contributed by atoms with Crippen LogP contribution in [0.15, 0.2) is 0 Å². The third-order valence-electron chi connectivity index (χ3n) is 3.11. The highest BCUT2D eigenvalue weighted by molar-refractivity contribution is 5.06. The summed E-state index contributed by atoms with van der Waals surface area (Å²) in [5, 5.41) is 0. The Labute approximate surface area is 62.8 Å². The average Bonchev–Trinajstić information content (AvgIpc) is 2.42. The molecule has 0 saturated heterocycles. The molecule has 0 bridgehead atoms. The molecule has 60 valence electrons. The number of alkyl halides is 1. The van der Waals surface area contributed by atoms with Gasteiger partial charge < -0.3 is 0 Å². The maximum absolute atomic E-state index is 12.9. The van der Waals surface area contributed by atoms with Crippen molar-refractivity contribution in [2.45, 2.75) is 40.3 Å². The van der Waals surface area contributed by atoms with Crippen molar-refractivity contribution in [3.63, 3.8) is 0 Å². The summed E-state index contributed by atoms with van der Waals surface area (Å²) in [6.45, 7) is 8.50. The zero-order valence-corrected chi connectivity index (χ0v) is 7.32. The smallest absolute Gasteiger partial charge is 0.107 e. The second-order valence-electron chi connectivity index (χ2n) is 4.09. The minimum atomic E-state index is -0.521. The van der Waals surface area contributed by atoms with E-state index in [-0.39, 0.29) is 5.41 Å². The molecule has 0 heterocycles. The quantitative estimate of drug-likeness (QED) is 0.559. The van der Waals surface area contributed by atoms with Crippen LogP contribution in [0.4, 0.5) is 4.39 Å². The van der Waals surface area contributed by atoms with E-state index in [2.05, 4.69) is 27.7 Å². The summed E-state index contributed by atoms with van der Waals surface area (Å²) in [5.74, 6) is 1.00. The van der Waals surface area contributed by atoms with Crippen LogP contribution in [0.2, 0.25) is 0 Å². The van der Waals surface area contributed by atoms with E-state index in [1.54, 1.807) is 0 Å². The highest BCUT2D eigenvalue weighted by Gasteiger charge is 2.58. The Hall–Kier alpha value is -0.0700. The molecule has 0 spiro atoms. The van der Waals surface area contributed by atoms with E-state index >= 15 is 0 Å². The van der Waals surface area contributed by atoms with Crippen molar-refractivity contribution in [1.82, 2.24) is 0 Å². The Balaban J connectivity index is 2.64. The molecule has 1 unspecified atom stereocenters. The van der Waals surface area contributed by atoms with Gasteiger partial charge in [0, 0.05) is 5.41 Å². The van der Waals surface area contributed by atoms with Gasteiger partial charge in [0.25, 0.3) is 0 Å². The lowest BCUT2D eigenvalue weighted by Gasteiger charge is -2.23.